The number of hydrogen-bond donors (Lipinski definition) is 1. The fourth-order valence-corrected chi connectivity index (χ4v) is 1.70. The molecule has 74 valence electrons. The van der Waals surface area contributed by atoms with E-state index in [0.717, 1.165) is 18.0 Å². The molecule has 14 heavy (non-hydrogen) atoms. The monoisotopic (exact) mass is 209 g/mol. The summed E-state index contributed by atoms with van der Waals surface area (Å²) >= 11 is 1.64. The summed E-state index contributed by atoms with van der Waals surface area (Å²) in [7, 11) is 0. The Kier molecular flexibility index (Phi) is 2.90. The quantitative estimate of drug-likeness (QED) is 0.833. The highest BCUT2D eigenvalue weighted by Crippen LogP contribution is 2.06. The molecule has 0 saturated carbocycles. The van der Waals surface area contributed by atoms with Gasteiger partial charge in [-0.25, -0.2) is 0 Å². The third kappa shape index (κ3) is 2.40. The zero-order valence-corrected chi connectivity index (χ0v) is 8.67. The number of aromatic nitrogens is 2. The van der Waals surface area contributed by atoms with E-state index in [4.69, 9.17) is 4.52 Å². The Hall–Kier alpha value is -1.20. The average molecular weight is 209 g/mol. The molecule has 0 aliphatic carbocycles. The molecule has 0 fully saturated rings. The summed E-state index contributed by atoms with van der Waals surface area (Å²) in [5.74, 6) is 0.868. The van der Waals surface area contributed by atoms with Crippen molar-refractivity contribution in [3.05, 3.63) is 34.1 Å². The van der Waals surface area contributed by atoms with Crippen LogP contribution in [-0.2, 0) is 13.1 Å². The van der Waals surface area contributed by atoms with Crippen LogP contribution in [0.3, 0.4) is 0 Å². The first kappa shape index (κ1) is 9.36. The number of hydrogen-bond acceptors (Lipinski definition) is 5. The van der Waals surface area contributed by atoms with Gasteiger partial charge in [-0.15, -0.1) is 11.3 Å². The van der Waals surface area contributed by atoms with Gasteiger partial charge in [0, 0.05) is 23.7 Å². The van der Waals surface area contributed by atoms with Gasteiger partial charge in [0.25, 0.3) is 0 Å². The van der Waals surface area contributed by atoms with Gasteiger partial charge in [0.2, 0.25) is 0 Å². The topological polar surface area (TPSA) is 51.0 Å². The summed E-state index contributed by atoms with van der Waals surface area (Å²) in [5, 5.41) is 7.06. The SMILES string of the molecule is Cc1cc(CNCc2cncs2)on1. The van der Waals surface area contributed by atoms with E-state index in [2.05, 4.69) is 15.5 Å². The van der Waals surface area contributed by atoms with Gasteiger partial charge in [-0.05, 0) is 6.92 Å². The van der Waals surface area contributed by atoms with Crippen LogP contribution >= 0.6 is 11.3 Å². The molecular weight excluding hydrogens is 198 g/mol. The molecule has 0 amide bonds. The lowest BCUT2D eigenvalue weighted by Gasteiger charge is -1.97. The molecule has 0 radical (unpaired) electrons. The van der Waals surface area contributed by atoms with Gasteiger partial charge in [-0.2, -0.15) is 0 Å². The standard InChI is InChI=1S/C9H11N3OS/c1-7-2-8(13-12-7)3-10-4-9-5-11-6-14-9/h2,5-6,10H,3-4H2,1H3. The molecule has 2 heterocycles. The number of rotatable bonds is 4. The lowest BCUT2D eigenvalue weighted by Crippen LogP contribution is -2.10. The zero-order chi connectivity index (χ0) is 9.80. The molecule has 0 atom stereocenters. The zero-order valence-electron chi connectivity index (χ0n) is 7.86. The molecule has 4 nitrogen and oxygen atoms in total. The number of nitrogens with zero attached hydrogens (tertiary/aromatic N) is 2. The summed E-state index contributed by atoms with van der Waals surface area (Å²) in [6, 6.07) is 1.93. The summed E-state index contributed by atoms with van der Waals surface area (Å²) in [4.78, 5) is 5.22. The normalized spacial score (nSPS) is 10.6. The lowest BCUT2D eigenvalue weighted by atomic mass is 10.4. The van der Waals surface area contributed by atoms with Crippen molar-refractivity contribution < 1.29 is 4.52 Å². The fourth-order valence-electron chi connectivity index (χ4n) is 1.14. The van der Waals surface area contributed by atoms with Crippen molar-refractivity contribution in [2.24, 2.45) is 0 Å². The van der Waals surface area contributed by atoms with Crippen LogP contribution in [-0.4, -0.2) is 10.1 Å². The highest BCUT2D eigenvalue weighted by molar-refractivity contribution is 7.09. The van der Waals surface area contributed by atoms with Crippen LogP contribution in [0.2, 0.25) is 0 Å². The Morgan fingerprint density at radius 2 is 2.43 bits per heavy atom. The maximum atomic E-state index is 5.06. The number of nitrogens with one attached hydrogen (secondary N) is 1. The van der Waals surface area contributed by atoms with Crippen molar-refractivity contribution in [3.63, 3.8) is 0 Å². The van der Waals surface area contributed by atoms with Gasteiger partial charge in [0.05, 0.1) is 17.7 Å². The van der Waals surface area contributed by atoms with E-state index in [0.29, 0.717) is 6.54 Å². The van der Waals surface area contributed by atoms with E-state index in [9.17, 15) is 0 Å². The molecule has 0 aliphatic rings. The number of thiazole rings is 1. The maximum Gasteiger partial charge on any atom is 0.150 e. The molecule has 0 bridgehead atoms. The van der Waals surface area contributed by atoms with Crippen LogP contribution < -0.4 is 5.32 Å². The van der Waals surface area contributed by atoms with Gasteiger partial charge in [-0.1, -0.05) is 5.16 Å². The maximum absolute atomic E-state index is 5.06. The van der Waals surface area contributed by atoms with Gasteiger partial charge in [0.1, 0.15) is 0 Å². The first-order chi connectivity index (χ1) is 6.84. The summed E-state index contributed by atoms with van der Waals surface area (Å²) in [5.41, 5.74) is 2.75. The minimum Gasteiger partial charge on any atom is -0.360 e. The second-order valence-electron chi connectivity index (χ2n) is 3.01. The molecule has 2 aromatic rings. The van der Waals surface area contributed by atoms with Crippen LogP contribution in [0.4, 0.5) is 0 Å². The molecule has 0 saturated heterocycles. The van der Waals surface area contributed by atoms with Gasteiger partial charge in [0.15, 0.2) is 5.76 Å². The van der Waals surface area contributed by atoms with Crippen LogP contribution in [0.15, 0.2) is 22.3 Å². The van der Waals surface area contributed by atoms with Crippen molar-refractivity contribution in [1.29, 1.82) is 0 Å². The molecule has 0 aromatic carbocycles. The first-order valence-electron chi connectivity index (χ1n) is 4.35. The largest absolute Gasteiger partial charge is 0.360 e. The molecule has 0 spiro atoms. The van der Waals surface area contributed by atoms with Crippen LogP contribution in [0.1, 0.15) is 16.3 Å². The smallest absolute Gasteiger partial charge is 0.150 e. The van der Waals surface area contributed by atoms with E-state index in [1.807, 2.05) is 24.7 Å². The minimum atomic E-state index is 0.707. The Morgan fingerprint density at radius 1 is 1.50 bits per heavy atom. The van der Waals surface area contributed by atoms with Crippen molar-refractivity contribution in [2.75, 3.05) is 0 Å². The van der Waals surface area contributed by atoms with Crippen LogP contribution in [0.5, 0.6) is 0 Å². The average Bonchev–Trinajstić information content (AvgIpc) is 2.77. The van der Waals surface area contributed by atoms with E-state index in [1.165, 1.54) is 4.88 Å². The highest BCUT2D eigenvalue weighted by atomic mass is 32.1. The summed E-state index contributed by atoms with van der Waals surface area (Å²) in [6.45, 7) is 3.44. The predicted octanol–water partition coefficient (Wildman–Crippen LogP) is 1.73. The molecular formula is C9H11N3OS. The van der Waals surface area contributed by atoms with Crippen molar-refractivity contribution in [1.82, 2.24) is 15.5 Å². The fraction of sp³-hybridized carbons (Fsp3) is 0.333. The van der Waals surface area contributed by atoms with Crippen molar-refractivity contribution in [3.8, 4) is 0 Å². The highest BCUT2D eigenvalue weighted by Gasteiger charge is 2.00. The van der Waals surface area contributed by atoms with E-state index >= 15 is 0 Å². The third-order valence-corrected chi connectivity index (χ3v) is 2.54. The predicted molar refractivity (Wildman–Crippen MR) is 53.9 cm³/mol. The molecule has 1 N–H and O–H groups in total. The summed E-state index contributed by atoms with van der Waals surface area (Å²) in [6.07, 6.45) is 1.86. The van der Waals surface area contributed by atoms with Gasteiger partial charge >= 0.3 is 0 Å². The van der Waals surface area contributed by atoms with Crippen molar-refractivity contribution in [2.45, 2.75) is 20.0 Å². The third-order valence-electron chi connectivity index (χ3n) is 1.76. The van der Waals surface area contributed by atoms with E-state index in [1.54, 1.807) is 11.3 Å². The van der Waals surface area contributed by atoms with Gasteiger partial charge < -0.3 is 9.84 Å². The Balaban J connectivity index is 1.78. The Labute approximate surface area is 86.0 Å². The van der Waals surface area contributed by atoms with Crippen molar-refractivity contribution >= 4 is 11.3 Å². The second kappa shape index (κ2) is 4.34. The molecule has 0 aliphatic heterocycles. The van der Waals surface area contributed by atoms with Crippen LogP contribution in [0.25, 0.3) is 0 Å². The van der Waals surface area contributed by atoms with E-state index < -0.39 is 0 Å². The van der Waals surface area contributed by atoms with Crippen LogP contribution in [0, 0.1) is 6.92 Å². The minimum absolute atomic E-state index is 0.707. The van der Waals surface area contributed by atoms with E-state index in [-0.39, 0.29) is 0 Å². The lowest BCUT2D eigenvalue weighted by molar-refractivity contribution is 0.369. The summed E-state index contributed by atoms with van der Waals surface area (Å²) < 4.78 is 5.06. The molecule has 2 rings (SSSR count). The first-order valence-corrected chi connectivity index (χ1v) is 5.23. The Morgan fingerprint density at radius 3 is 3.07 bits per heavy atom. The molecule has 5 heteroatoms. The molecule has 0 unspecified atom stereocenters. The Bertz CT molecular complexity index is 382. The van der Waals surface area contributed by atoms with Gasteiger partial charge in [-0.3, -0.25) is 4.98 Å². The second-order valence-corrected chi connectivity index (χ2v) is 3.98. The number of aryl methyl sites for hydroxylation is 1. The molecule has 2 aromatic heterocycles.